The Bertz CT molecular complexity index is 190. The van der Waals surface area contributed by atoms with Crippen LogP contribution in [0, 0.1) is 5.92 Å². The molecular formula is C13H26O3. The van der Waals surface area contributed by atoms with Gasteiger partial charge in [0.15, 0.2) is 0 Å². The maximum absolute atomic E-state index is 5.90. The molecule has 1 heterocycles. The van der Waals surface area contributed by atoms with Gasteiger partial charge in [0.05, 0.1) is 24.9 Å². The zero-order valence-electron chi connectivity index (χ0n) is 11.2. The summed E-state index contributed by atoms with van der Waals surface area (Å²) in [4.78, 5) is 0. The number of rotatable bonds is 5. The third-order valence-electron chi connectivity index (χ3n) is 2.68. The van der Waals surface area contributed by atoms with Crippen LogP contribution in [0.1, 0.15) is 41.0 Å². The summed E-state index contributed by atoms with van der Waals surface area (Å²) in [5.74, 6) is 0.582. The topological polar surface area (TPSA) is 27.7 Å². The predicted octanol–water partition coefficient (Wildman–Crippen LogP) is 2.63. The van der Waals surface area contributed by atoms with Crippen LogP contribution < -0.4 is 0 Å². The maximum atomic E-state index is 5.90. The molecule has 0 aliphatic carbocycles. The maximum Gasteiger partial charge on any atom is 0.107 e. The molecule has 0 aromatic heterocycles. The van der Waals surface area contributed by atoms with E-state index in [1.807, 2.05) is 13.8 Å². The van der Waals surface area contributed by atoms with Gasteiger partial charge in [-0.2, -0.15) is 0 Å². The van der Waals surface area contributed by atoms with Gasteiger partial charge in [0.1, 0.15) is 6.10 Å². The second kappa shape index (κ2) is 6.58. The van der Waals surface area contributed by atoms with E-state index in [0.29, 0.717) is 12.5 Å². The molecule has 0 unspecified atom stereocenters. The molecule has 1 saturated heterocycles. The summed E-state index contributed by atoms with van der Waals surface area (Å²) >= 11 is 0. The third-order valence-corrected chi connectivity index (χ3v) is 2.68. The summed E-state index contributed by atoms with van der Waals surface area (Å²) in [7, 11) is 0. The van der Waals surface area contributed by atoms with Crippen LogP contribution in [-0.2, 0) is 14.2 Å². The Balaban J connectivity index is 2.44. The Morgan fingerprint density at radius 2 is 1.88 bits per heavy atom. The summed E-state index contributed by atoms with van der Waals surface area (Å²) in [6.45, 7) is 11.9. The van der Waals surface area contributed by atoms with E-state index in [1.165, 1.54) is 0 Å². The number of ether oxygens (including phenoxy) is 3. The van der Waals surface area contributed by atoms with Crippen molar-refractivity contribution in [1.82, 2.24) is 0 Å². The van der Waals surface area contributed by atoms with Gasteiger partial charge in [-0.15, -0.1) is 0 Å². The van der Waals surface area contributed by atoms with Crippen molar-refractivity contribution in [3.63, 3.8) is 0 Å². The second-order valence-electron chi connectivity index (χ2n) is 5.32. The minimum absolute atomic E-state index is 0.0981. The lowest BCUT2D eigenvalue weighted by molar-refractivity contribution is -0.162. The molecule has 1 rings (SSSR count). The van der Waals surface area contributed by atoms with E-state index < -0.39 is 0 Å². The molecular weight excluding hydrogens is 204 g/mol. The minimum atomic E-state index is 0.0981. The van der Waals surface area contributed by atoms with Crippen molar-refractivity contribution in [3.8, 4) is 0 Å². The molecule has 96 valence electrons. The van der Waals surface area contributed by atoms with Gasteiger partial charge >= 0.3 is 0 Å². The lowest BCUT2D eigenvalue weighted by Crippen LogP contribution is -2.43. The summed E-state index contributed by atoms with van der Waals surface area (Å²) < 4.78 is 17.3. The lowest BCUT2D eigenvalue weighted by Gasteiger charge is -2.36. The van der Waals surface area contributed by atoms with Crippen LogP contribution in [0.2, 0.25) is 0 Å². The molecule has 1 fully saturated rings. The van der Waals surface area contributed by atoms with Crippen LogP contribution in [0.4, 0.5) is 0 Å². The van der Waals surface area contributed by atoms with Crippen molar-refractivity contribution < 1.29 is 14.2 Å². The first-order chi connectivity index (χ1) is 7.49. The minimum Gasteiger partial charge on any atom is -0.376 e. The molecule has 0 amide bonds. The van der Waals surface area contributed by atoms with Crippen LogP contribution in [0.25, 0.3) is 0 Å². The van der Waals surface area contributed by atoms with Crippen molar-refractivity contribution in [2.45, 2.75) is 65.5 Å². The van der Waals surface area contributed by atoms with Crippen molar-refractivity contribution in [2.75, 3.05) is 13.2 Å². The Morgan fingerprint density at radius 3 is 2.44 bits per heavy atom. The average Bonchev–Trinajstić information content (AvgIpc) is 2.15. The Labute approximate surface area is 99.5 Å². The van der Waals surface area contributed by atoms with E-state index in [0.717, 1.165) is 13.0 Å². The monoisotopic (exact) mass is 230 g/mol. The van der Waals surface area contributed by atoms with Crippen molar-refractivity contribution in [2.24, 2.45) is 5.92 Å². The third kappa shape index (κ3) is 4.81. The van der Waals surface area contributed by atoms with Gasteiger partial charge in [0, 0.05) is 6.61 Å². The van der Waals surface area contributed by atoms with E-state index in [2.05, 4.69) is 20.8 Å². The molecule has 3 nitrogen and oxygen atoms in total. The SMILES string of the molecule is CC(C)OC[C@H]1OC[C@@H](C)C[C@@H]1OC(C)C. The molecule has 0 N–H and O–H groups in total. The summed E-state index contributed by atoms with van der Waals surface area (Å²) in [6, 6.07) is 0. The molecule has 0 aromatic carbocycles. The highest BCUT2D eigenvalue weighted by Crippen LogP contribution is 2.23. The summed E-state index contributed by atoms with van der Waals surface area (Å²) in [6.07, 6.45) is 1.86. The molecule has 3 heteroatoms. The van der Waals surface area contributed by atoms with Crippen molar-refractivity contribution in [3.05, 3.63) is 0 Å². The molecule has 1 aliphatic heterocycles. The number of hydrogen-bond donors (Lipinski definition) is 0. The van der Waals surface area contributed by atoms with E-state index in [9.17, 15) is 0 Å². The van der Waals surface area contributed by atoms with Gasteiger partial charge < -0.3 is 14.2 Å². The number of hydrogen-bond acceptors (Lipinski definition) is 3. The Kier molecular flexibility index (Phi) is 5.73. The van der Waals surface area contributed by atoms with Gasteiger partial charge in [-0.05, 0) is 40.0 Å². The van der Waals surface area contributed by atoms with Gasteiger partial charge in [0.25, 0.3) is 0 Å². The largest absolute Gasteiger partial charge is 0.376 e. The van der Waals surface area contributed by atoms with Crippen molar-refractivity contribution in [1.29, 1.82) is 0 Å². The normalized spacial score (nSPS) is 31.3. The van der Waals surface area contributed by atoms with E-state index >= 15 is 0 Å². The highest BCUT2D eigenvalue weighted by molar-refractivity contribution is 4.79. The molecule has 0 aromatic rings. The molecule has 16 heavy (non-hydrogen) atoms. The molecule has 3 atom stereocenters. The summed E-state index contributed by atoms with van der Waals surface area (Å²) in [5, 5.41) is 0. The quantitative estimate of drug-likeness (QED) is 0.726. The fourth-order valence-corrected chi connectivity index (χ4v) is 1.95. The van der Waals surface area contributed by atoms with Crippen molar-refractivity contribution >= 4 is 0 Å². The lowest BCUT2D eigenvalue weighted by atomic mass is 9.97. The fraction of sp³-hybridized carbons (Fsp3) is 1.00. The van der Waals surface area contributed by atoms with Gasteiger partial charge in [-0.25, -0.2) is 0 Å². The van der Waals surface area contributed by atoms with E-state index in [4.69, 9.17) is 14.2 Å². The summed E-state index contributed by atoms with van der Waals surface area (Å²) in [5.41, 5.74) is 0. The first kappa shape index (κ1) is 13.9. The van der Waals surface area contributed by atoms with E-state index in [-0.39, 0.29) is 24.4 Å². The van der Waals surface area contributed by atoms with Crippen LogP contribution in [0.5, 0.6) is 0 Å². The molecule has 0 spiro atoms. The Hall–Kier alpha value is -0.120. The average molecular weight is 230 g/mol. The first-order valence-electron chi connectivity index (χ1n) is 6.37. The first-order valence-corrected chi connectivity index (χ1v) is 6.37. The zero-order chi connectivity index (χ0) is 12.1. The smallest absolute Gasteiger partial charge is 0.107 e. The van der Waals surface area contributed by atoms with Gasteiger partial charge in [-0.3, -0.25) is 0 Å². The van der Waals surface area contributed by atoms with Crippen LogP contribution in [0.15, 0.2) is 0 Å². The molecule has 0 radical (unpaired) electrons. The second-order valence-corrected chi connectivity index (χ2v) is 5.32. The fourth-order valence-electron chi connectivity index (χ4n) is 1.95. The van der Waals surface area contributed by atoms with Crippen LogP contribution >= 0.6 is 0 Å². The van der Waals surface area contributed by atoms with Crippen LogP contribution in [-0.4, -0.2) is 37.6 Å². The van der Waals surface area contributed by atoms with Gasteiger partial charge in [0.2, 0.25) is 0 Å². The highest BCUT2D eigenvalue weighted by Gasteiger charge is 2.31. The molecule has 0 bridgehead atoms. The molecule has 1 aliphatic rings. The zero-order valence-corrected chi connectivity index (χ0v) is 11.2. The van der Waals surface area contributed by atoms with Crippen LogP contribution in [0.3, 0.4) is 0 Å². The van der Waals surface area contributed by atoms with E-state index in [1.54, 1.807) is 0 Å². The highest BCUT2D eigenvalue weighted by atomic mass is 16.6. The van der Waals surface area contributed by atoms with Gasteiger partial charge in [-0.1, -0.05) is 6.92 Å². The Morgan fingerprint density at radius 1 is 1.19 bits per heavy atom. The standard InChI is InChI=1S/C13H26O3/c1-9(2)14-8-13-12(16-10(3)4)6-11(5)7-15-13/h9-13H,6-8H2,1-5H3/t11-,12-,13+/m0/s1. The molecule has 0 saturated carbocycles. The predicted molar refractivity (Wildman–Crippen MR) is 64.6 cm³/mol.